The monoisotopic (exact) mass is 413 g/mol. The van der Waals surface area contributed by atoms with Gasteiger partial charge in [-0.2, -0.15) is 0 Å². The number of nitro groups is 1. The van der Waals surface area contributed by atoms with Crippen molar-refractivity contribution in [1.82, 2.24) is 10.2 Å². The first-order valence-electron chi connectivity index (χ1n) is 9.38. The molecule has 0 bridgehead atoms. The molecule has 0 spiro atoms. The van der Waals surface area contributed by atoms with Crippen molar-refractivity contribution in [2.75, 3.05) is 13.2 Å². The molecule has 2 atom stereocenters. The van der Waals surface area contributed by atoms with Crippen molar-refractivity contribution >= 4 is 17.6 Å². The Kier molecular flexibility index (Phi) is 5.75. The molecule has 2 N–H and O–H groups in total. The van der Waals surface area contributed by atoms with E-state index in [-0.39, 0.29) is 18.8 Å². The number of benzene rings is 2. The lowest BCUT2D eigenvalue weighted by atomic mass is 9.92. The first-order valence-corrected chi connectivity index (χ1v) is 9.38. The van der Waals surface area contributed by atoms with E-state index >= 15 is 0 Å². The van der Waals surface area contributed by atoms with Crippen LogP contribution < -0.4 is 10.1 Å². The maximum Gasteiger partial charge on any atom is 0.325 e. The number of nitro benzene ring substituents is 1. The molecule has 9 heteroatoms. The number of hydrogen-bond donors (Lipinski definition) is 2. The van der Waals surface area contributed by atoms with Crippen LogP contribution in [0.1, 0.15) is 23.6 Å². The SMILES string of the molecule is Cc1cc(C)cc(OC[C@H](O)CN2C(=O)N[C@@](C)(c3ccc([N+](=O)[O-])cc3)C2=O)c1. The van der Waals surface area contributed by atoms with Crippen molar-refractivity contribution in [1.29, 1.82) is 0 Å². The van der Waals surface area contributed by atoms with Crippen molar-refractivity contribution in [2.24, 2.45) is 0 Å². The maximum absolute atomic E-state index is 12.9. The van der Waals surface area contributed by atoms with E-state index in [4.69, 9.17) is 4.74 Å². The number of aryl methyl sites for hydroxylation is 2. The quantitative estimate of drug-likeness (QED) is 0.408. The fraction of sp³-hybridized carbons (Fsp3) is 0.333. The zero-order valence-electron chi connectivity index (χ0n) is 16.9. The van der Waals surface area contributed by atoms with Crippen molar-refractivity contribution in [3.8, 4) is 5.75 Å². The lowest BCUT2D eigenvalue weighted by Gasteiger charge is -2.23. The highest BCUT2D eigenvalue weighted by molar-refractivity contribution is 6.07. The number of rotatable bonds is 7. The summed E-state index contributed by atoms with van der Waals surface area (Å²) in [6.45, 7) is 5.06. The van der Waals surface area contributed by atoms with Crippen molar-refractivity contribution in [3.05, 3.63) is 69.3 Å². The van der Waals surface area contributed by atoms with Gasteiger partial charge >= 0.3 is 6.03 Å². The summed E-state index contributed by atoms with van der Waals surface area (Å²) in [4.78, 5) is 36.5. The summed E-state index contributed by atoms with van der Waals surface area (Å²) in [6, 6.07) is 10.4. The van der Waals surface area contributed by atoms with Gasteiger partial charge in [-0.15, -0.1) is 0 Å². The molecular weight excluding hydrogens is 390 g/mol. The standard InChI is InChI=1S/C21H23N3O6/c1-13-8-14(2)10-18(9-13)30-12-17(25)11-23-19(26)21(3,22-20(23)27)15-4-6-16(7-5-15)24(28)29/h4-10,17,25H,11-12H2,1-3H3,(H,22,27)/t17-,21+/m1/s1. The Morgan fingerprint density at radius 3 is 2.33 bits per heavy atom. The Balaban J connectivity index is 1.67. The van der Waals surface area contributed by atoms with Gasteiger partial charge in [-0.1, -0.05) is 6.07 Å². The van der Waals surface area contributed by atoms with Crippen LogP contribution in [0.3, 0.4) is 0 Å². The average Bonchev–Trinajstić information content (AvgIpc) is 2.90. The third-order valence-corrected chi connectivity index (χ3v) is 4.96. The first kappa shape index (κ1) is 21.3. The van der Waals surface area contributed by atoms with Gasteiger partial charge in [0.15, 0.2) is 0 Å². The minimum Gasteiger partial charge on any atom is -0.491 e. The summed E-state index contributed by atoms with van der Waals surface area (Å²) in [7, 11) is 0. The Hall–Kier alpha value is -3.46. The lowest BCUT2D eigenvalue weighted by Crippen LogP contribution is -2.42. The molecule has 1 aliphatic heterocycles. The second kappa shape index (κ2) is 8.11. The van der Waals surface area contributed by atoms with E-state index in [1.54, 1.807) is 0 Å². The highest BCUT2D eigenvalue weighted by Crippen LogP contribution is 2.30. The molecule has 158 valence electrons. The number of nitrogens with one attached hydrogen (secondary N) is 1. The number of amides is 3. The molecule has 2 aromatic rings. The van der Waals surface area contributed by atoms with Crippen LogP contribution in [0.4, 0.5) is 10.5 Å². The van der Waals surface area contributed by atoms with Gasteiger partial charge in [0.05, 0.1) is 11.5 Å². The van der Waals surface area contributed by atoms with E-state index in [9.17, 15) is 24.8 Å². The first-order chi connectivity index (χ1) is 14.1. The van der Waals surface area contributed by atoms with Crippen molar-refractivity contribution < 1.29 is 24.4 Å². The molecule has 0 unspecified atom stereocenters. The third kappa shape index (κ3) is 4.25. The molecule has 2 aromatic carbocycles. The average molecular weight is 413 g/mol. The van der Waals surface area contributed by atoms with E-state index in [2.05, 4.69) is 5.32 Å². The predicted octanol–water partition coefficient (Wildman–Crippen LogP) is 2.42. The zero-order valence-corrected chi connectivity index (χ0v) is 16.9. The van der Waals surface area contributed by atoms with E-state index in [1.807, 2.05) is 32.0 Å². The van der Waals surface area contributed by atoms with Crippen molar-refractivity contribution in [3.63, 3.8) is 0 Å². The summed E-state index contributed by atoms with van der Waals surface area (Å²) in [5.74, 6) is 0.0475. The number of carbonyl (C=O) groups is 2. The Labute approximate surface area is 173 Å². The number of ether oxygens (including phenoxy) is 1. The predicted molar refractivity (Wildman–Crippen MR) is 108 cm³/mol. The van der Waals surface area contributed by atoms with Crippen LogP contribution >= 0.6 is 0 Å². The molecule has 0 aromatic heterocycles. The molecule has 30 heavy (non-hydrogen) atoms. The van der Waals surface area contributed by atoms with Crippen LogP contribution in [0.25, 0.3) is 0 Å². The summed E-state index contributed by atoms with van der Waals surface area (Å²) in [6.07, 6.45) is -1.08. The minimum atomic E-state index is -1.37. The molecule has 1 fully saturated rings. The number of aliphatic hydroxyl groups excluding tert-OH is 1. The Bertz CT molecular complexity index is 970. The molecule has 3 amide bonds. The Morgan fingerprint density at radius 2 is 1.77 bits per heavy atom. The van der Waals surface area contributed by atoms with Gasteiger partial charge in [-0.05, 0) is 61.7 Å². The van der Waals surface area contributed by atoms with E-state index in [0.717, 1.165) is 16.0 Å². The highest BCUT2D eigenvalue weighted by atomic mass is 16.6. The topological polar surface area (TPSA) is 122 Å². The summed E-state index contributed by atoms with van der Waals surface area (Å²) in [5, 5.41) is 23.7. The lowest BCUT2D eigenvalue weighted by molar-refractivity contribution is -0.384. The molecule has 1 heterocycles. The molecule has 0 aliphatic carbocycles. The summed E-state index contributed by atoms with van der Waals surface area (Å²) < 4.78 is 5.60. The second-order valence-corrected chi connectivity index (χ2v) is 7.56. The van der Waals surface area contributed by atoms with Gasteiger partial charge in [0.25, 0.3) is 11.6 Å². The number of carbonyl (C=O) groups excluding carboxylic acids is 2. The normalized spacial score (nSPS) is 19.5. The van der Waals surface area contributed by atoms with Gasteiger partial charge in [0.1, 0.15) is 24.0 Å². The highest BCUT2D eigenvalue weighted by Gasteiger charge is 2.49. The summed E-state index contributed by atoms with van der Waals surface area (Å²) in [5.41, 5.74) is 0.963. The molecular formula is C21H23N3O6. The fourth-order valence-corrected chi connectivity index (χ4v) is 3.45. The van der Waals surface area contributed by atoms with E-state index in [1.165, 1.54) is 31.2 Å². The van der Waals surface area contributed by atoms with Gasteiger partial charge in [-0.25, -0.2) is 4.79 Å². The molecule has 9 nitrogen and oxygen atoms in total. The fourth-order valence-electron chi connectivity index (χ4n) is 3.45. The van der Waals surface area contributed by atoms with Gasteiger partial charge in [0.2, 0.25) is 0 Å². The van der Waals surface area contributed by atoms with Crippen molar-refractivity contribution in [2.45, 2.75) is 32.4 Å². The zero-order chi connectivity index (χ0) is 22.1. The molecule has 0 saturated carbocycles. The molecule has 1 aliphatic rings. The number of β-amino-alcohol motifs (C(OH)–C–C–N with tert-alkyl or cyclic N) is 1. The Morgan fingerprint density at radius 1 is 1.17 bits per heavy atom. The van der Waals surface area contributed by atoms with Crippen LogP contribution in [0.2, 0.25) is 0 Å². The smallest absolute Gasteiger partial charge is 0.325 e. The minimum absolute atomic E-state index is 0.0891. The number of non-ortho nitro benzene ring substituents is 1. The van der Waals surface area contributed by atoms with E-state index < -0.39 is 28.5 Å². The molecule has 0 radical (unpaired) electrons. The largest absolute Gasteiger partial charge is 0.491 e. The number of urea groups is 1. The van der Waals surface area contributed by atoms with Gasteiger partial charge in [-0.3, -0.25) is 19.8 Å². The molecule has 1 saturated heterocycles. The van der Waals surface area contributed by atoms with Crippen LogP contribution in [0, 0.1) is 24.0 Å². The van der Waals surface area contributed by atoms with Crippen LogP contribution in [-0.2, 0) is 10.3 Å². The van der Waals surface area contributed by atoms with Crippen LogP contribution in [0.15, 0.2) is 42.5 Å². The van der Waals surface area contributed by atoms with Gasteiger partial charge in [0, 0.05) is 12.1 Å². The van der Waals surface area contributed by atoms with Crippen LogP contribution in [-0.4, -0.2) is 46.1 Å². The maximum atomic E-state index is 12.9. The number of hydrogen-bond acceptors (Lipinski definition) is 6. The van der Waals surface area contributed by atoms with Gasteiger partial charge < -0.3 is 15.2 Å². The number of aliphatic hydroxyl groups is 1. The number of imide groups is 1. The second-order valence-electron chi connectivity index (χ2n) is 7.56. The molecule has 3 rings (SSSR count). The van der Waals surface area contributed by atoms with E-state index in [0.29, 0.717) is 11.3 Å². The number of nitrogens with zero attached hydrogens (tertiary/aromatic N) is 2. The summed E-state index contributed by atoms with van der Waals surface area (Å²) >= 11 is 0. The third-order valence-electron chi connectivity index (χ3n) is 4.96. The van der Waals surface area contributed by atoms with Crippen LogP contribution in [0.5, 0.6) is 5.75 Å².